The van der Waals surface area contributed by atoms with E-state index in [-0.39, 0.29) is 12.0 Å². The summed E-state index contributed by atoms with van der Waals surface area (Å²) in [5, 5.41) is 0. The summed E-state index contributed by atoms with van der Waals surface area (Å²) in [5.74, 6) is 0.745. The fraction of sp³-hybridized carbons (Fsp3) is 0.357. The van der Waals surface area contributed by atoms with Crippen LogP contribution in [0.3, 0.4) is 0 Å². The normalized spacial score (nSPS) is 19.4. The number of carbonyl (C=O) groups is 1. The van der Waals surface area contributed by atoms with Crippen LogP contribution in [0.1, 0.15) is 11.7 Å². The number of rotatable bonds is 3. The van der Waals surface area contributed by atoms with E-state index in [1.54, 1.807) is 12.0 Å². The van der Waals surface area contributed by atoms with Crippen molar-refractivity contribution in [2.24, 2.45) is 0 Å². The zero-order valence-electron chi connectivity index (χ0n) is 10.5. The van der Waals surface area contributed by atoms with Crippen LogP contribution in [-0.2, 0) is 9.53 Å². The smallest absolute Gasteiger partial charge is 0.246 e. The Bertz CT molecular complexity index is 444. The van der Waals surface area contributed by atoms with E-state index in [0.717, 1.165) is 11.3 Å². The molecule has 0 bridgehead atoms. The van der Waals surface area contributed by atoms with Crippen molar-refractivity contribution < 1.29 is 14.3 Å². The molecule has 1 aliphatic heterocycles. The Hall–Kier alpha value is -1.81. The number of methoxy groups -OCH3 is 1. The summed E-state index contributed by atoms with van der Waals surface area (Å²) < 4.78 is 10.9. The van der Waals surface area contributed by atoms with Gasteiger partial charge in [0.05, 0.1) is 20.3 Å². The summed E-state index contributed by atoms with van der Waals surface area (Å²) in [6.07, 6.45) is 1.24. The third-order valence-electron chi connectivity index (χ3n) is 3.02. The van der Waals surface area contributed by atoms with E-state index in [9.17, 15) is 4.79 Å². The molecule has 1 aromatic rings. The first-order chi connectivity index (χ1) is 8.74. The molecule has 1 atom stereocenters. The Balaban J connectivity index is 2.12. The Morgan fingerprint density at radius 2 is 2.44 bits per heavy atom. The van der Waals surface area contributed by atoms with Gasteiger partial charge in [-0.3, -0.25) is 4.79 Å². The van der Waals surface area contributed by atoms with Crippen molar-refractivity contribution >= 4 is 5.91 Å². The zero-order valence-corrected chi connectivity index (χ0v) is 10.5. The molecular weight excluding hydrogens is 230 g/mol. The standard InChI is InChI=1S/C14H17NO3/c1-3-14(16)15-7-8-18-13(10-15)11-5-4-6-12(9-11)17-2/h3-6,9,13H,1,7-8,10H2,2H3. The Kier molecular flexibility index (Phi) is 3.99. The first-order valence-corrected chi connectivity index (χ1v) is 5.91. The van der Waals surface area contributed by atoms with Gasteiger partial charge >= 0.3 is 0 Å². The van der Waals surface area contributed by atoms with Crippen LogP contribution in [0.2, 0.25) is 0 Å². The van der Waals surface area contributed by atoms with Gasteiger partial charge in [-0.05, 0) is 23.8 Å². The van der Waals surface area contributed by atoms with Crippen LogP contribution in [0.5, 0.6) is 5.75 Å². The molecule has 4 heteroatoms. The van der Waals surface area contributed by atoms with E-state index in [1.807, 2.05) is 24.3 Å². The maximum atomic E-state index is 11.6. The number of morpholine rings is 1. The molecule has 4 nitrogen and oxygen atoms in total. The molecule has 0 N–H and O–H groups in total. The molecule has 1 aromatic carbocycles. The molecule has 2 rings (SSSR count). The Labute approximate surface area is 107 Å². The number of hydrogen-bond acceptors (Lipinski definition) is 3. The molecule has 1 amide bonds. The van der Waals surface area contributed by atoms with Crippen LogP contribution in [-0.4, -0.2) is 37.6 Å². The minimum atomic E-state index is -0.0993. The lowest BCUT2D eigenvalue weighted by atomic mass is 10.1. The fourth-order valence-electron chi connectivity index (χ4n) is 2.02. The zero-order chi connectivity index (χ0) is 13.0. The maximum absolute atomic E-state index is 11.6. The third kappa shape index (κ3) is 2.71. The van der Waals surface area contributed by atoms with Crippen LogP contribution in [0, 0.1) is 0 Å². The molecule has 1 fully saturated rings. The lowest BCUT2D eigenvalue weighted by Crippen LogP contribution is -2.41. The second-order valence-corrected chi connectivity index (χ2v) is 4.12. The molecule has 0 radical (unpaired) electrons. The van der Waals surface area contributed by atoms with Gasteiger partial charge in [0, 0.05) is 6.54 Å². The van der Waals surface area contributed by atoms with Gasteiger partial charge < -0.3 is 14.4 Å². The summed E-state index contributed by atoms with van der Waals surface area (Å²) in [6, 6.07) is 7.73. The fourth-order valence-corrected chi connectivity index (χ4v) is 2.02. The van der Waals surface area contributed by atoms with Crippen molar-refractivity contribution in [2.45, 2.75) is 6.10 Å². The number of benzene rings is 1. The van der Waals surface area contributed by atoms with Crippen molar-refractivity contribution in [3.05, 3.63) is 42.5 Å². The first kappa shape index (κ1) is 12.6. The average molecular weight is 247 g/mol. The van der Waals surface area contributed by atoms with E-state index in [0.29, 0.717) is 19.7 Å². The minimum absolute atomic E-state index is 0.0498. The molecule has 0 spiro atoms. The van der Waals surface area contributed by atoms with Crippen molar-refractivity contribution in [1.82, 2.24) is 4.90 Å². The molecule has 0 saturated carbocycles. The Morgan fingerprint density at radius 1 is 1.61 bits per heavy atom. The molecule has 1 aliphatic rings. The molecular formula is C14H17NO3. The van der Waals surface area contributed by atoms with Gasteiger partial charge in [-0.15, -0.1) is 0 Å². The summed E-state index contributed by atoms with van der Waals surface area (Å²) in [5.41, 5.74) is 1.02. The van der Waals surface area contributed by atoms with Crippen LogP contribution < -0.4 is 4.74 Å². The highest BCUT2D eigenvalue weighted by atomic mass is 16.5. The van der Waals surface area contributed by atoms with Gasteiger partial charge in [0.15, 0.2) is 0 Å². The second kappa shape index (κ2) is 5.69. The largest absolute Gasteiger partial charge is 0.497 e. The lowest BCUT2D eigenvalue weighted by Gasteiger charge is -2.32. The van der Waals surface area contributed by atoms with Gasteiger partial charge in [0.1, 0.15) is 11.9 Å². The monoisotopic (exact) mass is 247 g/mol. The minimum Gasteiger partial charge on any atom is -0.497 e. The SMILES string of the molecule is C=CC(=O)N1CCOC(c2cccc(OC)c2)C1. The molecule has 1 unspecified atom stereocenters. The molecule has 0 aliphatic carbocycles. The van der Waals surface area contributed by atoms with E-state index in [2.05, 4.69) is 6.58 Å². The molecule has 18 heavy (non-hydrogen) atoms. The predicted molar refractivity (Wildman–Crippen MR) is 68.5 cm³/mol. The molecule has 96 valence electrons. The lowest BCUT2D eigenvalue weighted by molar-refractivity contribution is -0.133. The van der Waals surface area contributed by atoms with Gasteiger partial charge in [-0.2, -0.15) is 0 Å². The number of carbonyl (C=O) groups excluding carboxylic acids is 1. The third-order valence-corrected chi connectivity index (χ3v) is 3.02. The average Bonchev–Trinajstić information content (AvgIpc) is 2.46. The van der Waals surface area contributed by atoms with Crippen molar-refractivity contribution in [3.63, 3.8) is 0 Å². The highest BCUT2D eigenvalue weighted by Crippen LogP contribution is 2.25. The summed E-state index contributed by atoms with van der Waals surface area (Å²) in [7, 11) is 1.63. The van der Waals surface area contributed by atoms with Crippen molar-refractivity contribution in [1.29, 1.82) is 0 Å². The van der Waals surface area contributed by atoms with Gasteiger partial charge in [0.25, 0.3) is 0 Å². The van der Waals surface area contributed by atoms with E-state index in [1.165, 1.54) is 6.08 Å². The van der Waals surface area contributed by atoms with Crippen LogP contribution >= 0.6 is 0 Å². The number of ether oxygens (including phenoxy) is 2. The molecule has 0 aromatic heterocycles. The topological polar surface area (TPSA) is 38.8 Å². The van der Waals surface area contributed by atoms with Gasteiger partial charge in [-0.1, -0.05) is 18.7 Å². The van der Waals surface area contributed by atoms with E-state index < -0.39 is 0 Å². The predicted octanol–water partition coefficient (Wildman–Crippen LogP) is 1.78. The summed E-state index contributed by atoms with van der Waals surface area (Å²) in [6.45, 7) is 5.22. The first-order valence-electron chi connectivity index (χ1n) is 5.91. The van der Waals surface area contributed by atoms with Crippen LogP contribution in [0.25, 0.3) is 0 Å². The number of hydrogen-bond donors (Lipinski definition) is 0. The summed E-state index contributed by atoms with van der Waals surface area (Å²) in [4.78, 5) is 13.3. The maximum Gasteiger partial charge on any atom is 0.246 e. The van der Waals surface area contributed by atoms with Crippen molar-refractivity contribution in [3.8, 4) is 5.75 Å². The highest BCUT2D eigenvalue weighted by Gasteiger charge is 2.24. The molecule has 1 saturated heterocycles. The molecule has 1 heterocycles. The van der Waals surface area contributed by atoms with Crippen LogP contribution in [0.15, 0.2) is 36.9 Å². The highest BCUT2D eigenvalue weighted by molar-refractivity contribution is 5.87. The van der Waals surface area contributed by atoms with Crippen LogP contribution in [0.4, 0.5) is 0 Å². The number of amides is 1. The number of nitrogens with zero attached hydrogens (tertiary/aromatic N) is 1. The second-order valence-electron chi connectivity index (χ2n) is 4.12. The quantitative estimate of drug-likeness (QED) is 0.764. The Morgan fingerprint density at radius 3 is 3.17 bits per heavy atom. The van der Waals surface area contributed by atoms with E-state index in [4.69, 9.17) is 9.47 Å². The van der Waals surface area contributed by atoms with Crippen molar-refractivity contribution in [2.75, 3.05) is 26.8 Å². The summed E-state index contributed by atoms with van der Waals surface area (Å²) >= 11 is 0. The van der Waals surface area contributed by atoms with Gasteiger partial charge in [0.2, 0.25) is 5.91 Å². The van der Waals surface area contributed by atoms with Gasteiger partial charge in [-0.25, -0.2) is 0 Å². The van der Waals surface area contributed by atoms with E-state index >= 15 is 0 Å².